The minimum atomic E-state index is -0.798. The van der Waals surface area contributed by atoms with E-state index in [0.717, 1.165) is 16.5 Å². The number of alkyl halides is 2. The molecule has 0 fully saturated rings. The van der Waals surface area contributed by atoms with Gasteiger partial charge in [-0.05, 0) is 47.0 Å². The van der Waals surface area contributed by atoms with Gasteiger partial charge in [-0.25, -0.2) is 0 Å². The molecule has 0 saturated heterocycles. The number of nitrogens with one attached hydrogen (secondary N) is 2. The number of Topliss-reactive ketones (excluding diaryl/α,β-unsaturated/α-hetero) is 1. The number of carbonyl (C=O) groups excluding carboxylic acids is 1. The maximum absolute atomic E-state index is 11.9. The molecule has 0 saturated carbocycles. The molecule has 4 aromatic carbocycles. The van der Waals surface area contributed by atoms with Gasteiger partial charge in [0.05, 0.1) is 28.9 Å². The zero-order valence-corrected chi connectivity index (χ0v) is 26.1. The minimum absolute atomic E-state index is 0.0818. The van der Waals surface area contributed by atoms with E-state index in [9.17, 15) is 19.5 Å². The fraction of sp³-hybridized carbons (Fsp3) is 0.139. The van der Waals surface area contributed by atoms with Crippen molar-refractivity contribution in [2.75, 3.05) is 11.8 Å². The predicted molar refractivity (Wildman–Crippen MR) is 181 cm³/mol. The lowest BCUT2D eigenvalue weighted by Crippen LogP contribution is -2.08. The Balaban J connectivity index is 0.000000181. The normalized spacial score (nSPS) is 11.5. The SMILES string of the molecule is O=C(CCl)c1ccc(OCc2ccccc2)c2[nH]c(=O)ccc12.O=c1ccc2c([C@@H](O)CCl)ccc(OCc3ccccc3)c2[nH]1. The molecule has 0 radical (unpaired) electrons. The maximum atomic E-state index is 11.9. The van der Waals surface area contributed by atoms with Gasteiger partial charge in [0.15, 0.2) is 5.78 Å². The van der Waals surface area contributed by atoms with E-state index in [-0.39, 0.29) is 28.7 Å². The summed E-state index contributed by atoms with van der Waals surface area (Å²) < 4.78 is 11.7. The van der Waals surface area contributed by atoms with Gasteiger partial charge in [0, 0.05) is 28.5 Å². The number of carbonyl (C=O) groups is 1. The second kappa shape index (κ2) is 15.4. The highest BCUT2D eigenvalue weighted by Gasteiger charge is 2.15. The molecule has 6 aromatic rings. The largest absolute Gasteiger partial charge is 0.487 e. The number of halogens is 2. The monoisotopic (exact) mass is 656 g/mol. The third kappa shape index (κ3) is 7.84. The smallest absolute Gasteiger partial charge is 0.248 e. The Hall–Kier alpha value is -4.89. The van der Waals surface area contributed by atoms with Crippen molar-refractivity contribution >= 4 is 50.8 Å². The Kier molecular flexibility index (Phi) is 10.9. The molecule has 46 heavy (non-hydrogen) atoms. The number of fused-ring (bicyclic) bond motifs is 2. The van der Waals surface area contributed by atoms with Gasteiger partial charge in [0.1, 0.15) is 24.7 Å². The Morgan fingerprint density at radius 3 is 1.67 bits per heavy atom. The molecule has 0 spiro atoms. The van der Waals surface area contributed by atoms with Crippen LogP contribution in [-0.4, -0.2) is 32.6 Å². The van der Waals surface area contributed by atoms with E-state index in [0.29, 0.717) is 52.3 Å². The molecule has 0 unspecified atom stereocenters. The van der Waals surface area contributed by atoms with E-state index < -0.39 is 6.10 Å². The molecule has 8 nitrogen and oxygen atoms in total. The molecular weight excluding hydrogens is 627 g/mol. The van der Waals surface area contributed by atoms with Crippen molar-refractivity contribution in [1.82, 2.24) is 9.97 Å². The molecular formula is C36H30Cl2N2O6. The van der Waals surface area contributed by atoms with Crippen molar-refractivity contribution in [2.24, 2.45) is 0 Å². The van der Waals surface area contributed by atoms with Crippen LogP contribution in [0.2, 0.25) is 0 Å². The third-order valence-corrected chi connectivity index (χ3v) is 7.68. The summed E-state index contributed by atoms with van der Waals surface area (Å²) in [5, 5.41) is 11.4. The van der Waals surface area contributed by atoms with Crippen LogP contribution in [-0.2, 0) is 13.2 Å². The van der Waals surface area contributed by atoms with E-state index in [1.54, 1.807) is 36.4 Å². The average Bonchev–Trinajstić information content (AvgIpc) is 3.10. The Morgan fingerprint density at radius 2 is 1.15 bits per heavy atom. The van der Waals surface area contributed by atoms with Gasteiger partial charge in [0.25, 0.3) is 0 Å². The first-order chi connectivity index (χ1) is 22.4. The van der Waals surface area contributed by atoms with Crippen molar-refractivity contribution < 1.29 is 19.4 Å². The van der Waals surface area contributed by atoms with Gasteiger partial charge in [-0.2, -0.15) is 0 Å². The number of aliphatic hydroxyl groups is 1. The van der Waals surface area contributed by atoms with Gasteiger partial charge in [-0.15, -0.1) is 23.2 Å². The minimum Gasteiger partial charge on any atom is -0.487 e. The molecule has 6 rings (SSSR count). The molecule has 2 aromatic heterocycles. The number of aliphatic hydroxyl groups excluding tert-OH is 1. The van der Waals surface area contributed by atoms with E-state index >= 15 is 0 Å². The van der Waals surface area contributed by atoms with Gasteiger partial charge in [-0.3, -0.25) is 14.4 Å². The number of rotatable bonds is 10. The molecule has 0 aliphatic heterocycles. The molecule has 0 amide bonds. The van der Waals surface area contributed by atoms with Crippen LogP contribution in [0.1, 0.15) is 33.2 Å². The van der Waals surface area contributed by atoms with Crippen LogP contribution >= 0.6 is 23.2 Å². The zero-order chi connectivity index (χ0) is 32.5. The number of hydrogen-bond acceptors (Lipinski definition) is 6. The number of aromatic nitrogens is 2. The zero-order valence-electron chi connectivity index (χ0n) is 24.5. The highest BCUT2D eigenvalue weighted by Crippen LogP contribution is 2.31. The standard InChI is InChI=1S/C18H16ClNO3.C18H14ClNO3/c2*19-10-15(21)13-6-8-16(18-14(13)7-9-17(22)20-18)23-11-12-4-2-1-3-5-12/h1-9,15,21H,10-11H2,(H,20,22);1-9H,10-11H2,(H,20,22)/t15-;/m0./s1. The number of pyridine rings is 2. The van der Waals surface area contributed by atoms with Crippen LogP contribution in [0.15, 0.2) is 119 Å². The van der Waals surface area contributed by atoms with Crippen molar-refractivity contribution in [3.8, 4) is 11.5 Å². The molecule has 10 heteroatoms. The van der Waals surface area contributed by atoms with E-state index in [4.69, 9.17) is 32.7 Å². The molecule has 0 aliphatic rings. The fourth-order valence-electron chi connectivity index (χ4n) is 4.87. The first kappa shape index (κ1) is 32.5. The van der Waals surface area contributed by atoms with Crippen molar-refractivity contribution in [3.63, 3.8) is 0 Å². The highest BCUT2D eigenvalue weighted by atomic mass is 35.5. The molecule has 234 valence electrons. The summed E-state index contributed by atoms with van der Waals surface area (Å²) in [5.74, 6) is 0.856. The third-order valence-electron chi connectivity index (χ3n) is 7.15. The molecule has 2 heterocycles. The number of benzene rings is 4. The van der Waals surface area contributed by atoms with Crippen LogP contribution in [0, 0.1) is 0 Å². The molecule has 1 atom stereocenters. The summed E-state index contributed by atoms with van der Waals surface area (Å²) in [6.45, 7) is 0.764. The summed E-state index contributed by atoms with van der Waals surface area (Å²) >= 11 is 11.4. The molecule has 0 aliphatic carbocycles. The van der Waals surface area contributed by atoms with Gasteiger partial charge < -0.3 is 24.5 Å². The Labute approximate surface area is 274 Å². The van der Waals surface area contributed by atoms with E-state index in [2.05, 4.69) is 9.97 Å². The quantitative estimate of drug-likeness (QED) is 0.109. The lowest BCUT2D eigenvalue weighted by atomic mass is 10.0. The van der Waals surface area contributed by atoms with Crippen LogP contribution in [0.5, 0.6) is 11.5 Å². The van der Waals surface area contributed by atoms with Crippen LogP contribution in [0.25, 0.3) is 21.8 Å². The first-order valence-electron chi connectivity index (χ1n) is 14.4. The van der Waals surface area contributed by atoms with E-state index in [1.807, 2.05) is 60.7 Å². The van der Waals surface area contributed by atoms with Gasteiger partial charge >= 0.3 is 0 Å². The highest BCUT2D eigenvalue weighted by molar-refractivity contribution is 6.32. The van der Waals surface area contributed by atoms with Crippen LogP contribution in [0.3, 0.4) is 0 Å². The summed E-state index contributed by atoms with van der Waals surface area (Å²) in [6.07, 6.45) is -0.798. The van der Waals surface area contributed by atoms with Crippen molar-refractivity contribution in [3.05, 3.63) is 152 Å². The lowest BCUT2D eigenvalue weighted by Gasteiger charge is -2.14. The summed E-state index contributed by atoms with van der Waals surface area (Å²) in [6, 6.07) is 32.4. The van der Waals surface area contributed by atoms with Crippen LogP contribution < -0.4 is 20.6 Å². The number of H-pyrrole nitrogens is 2. The summed E-state index contributed by atoms with van der Waals surface area (Å²) in [7, 11) is 0. The first-order valence-corrected chi connectivity index (χ1v) is 15.4. The lowest BCUT2D eigenvalue weighted by molar-refractivity contribution is 0.102. The summed E-state index contributed by atoms with van der Waals surface area (Å²) in [4.78, 5) is 40.8. The molecule has 3 N–H and O–H groups in total. The van der Waals surface area contributed by atoms with E-state index in [1.165, 1.54) is 12.1 Å². The number of aromatic amines is 2. The summed E-state index contributed by atoms with van der Waals surface area (Å²) in [5.41, 5.74) is 3.77. The second-order valence-electron chi connectivity index (χ2n) is 10.3. The van der Waals surface area contributed by atoms with Crippen molar-refractivity contribution in [2.45, 2.75) is 19.3 Å². The number of ketones is 1. The Bertz CT molecular complexity index is 2060. The van der Waals surface area contributed by atoms with Crippen molar-refractivity contribution in [1.29, 1.82) is 0 Å². The fourth-order valence-corrected chi connectivity index (χ4v) is 5.18. The molecule has 0 bridgehead atoms. The van der Waals surface area contributed by atoms with Crippen LogP contribution in [0.4, 0.5) is 0 Å². The second-order valence-corrected chi connectivity index (χ2v) is 10.8. The predicted octanol–water partition coefficient (Wildman–Crippen LogP) is 6.91. The average molecular weight is 658 g/mol. The maximum Gasteiger partial charge on any atom is 0.248 e. The number of hydrogen-bond donors (Lipinski definition) is 3. The Morgan fingerprint density at radius 1 is 0.652 bits per heavy atom. The number of ether oxygens (including phenoxy) is 2. The topological polar surface area (TPSA) is 121 Å². The van der Waals surface area contributed by atoms with Gasteiger partial charge in [-0.1, -0.05) is 66.7 Å². The van der Waals surface area contributed by atoms with Gasteiger partial charge in [0.2, 0.25) is 11.1 Å².